The molecule has 42 heavy (non-hydrogen) atoms. The number of nitriles is 1. The van der Waals surface area contributed by atoms with Gasteiger partial charge in [-0.25, -0.2) is 19.3 Å². The molecule has 2 aliphatic heterocycles. The topological polar surface area (TPSA) is 134 Å². The van der Waals surface area contributed by atoms with Crippen molar-refractivity contribution in [3.05, 3.63) is 86.5 Å². The molecule has 0 radical (unpaired) electrons. The highest BCUT2D eigenvalue weighted by Crippen LogP contribution is 2.43. The minimum atomic E-state index is -4.65. The van der Waals surface area contributed by atoms with E-state index in [0.29, 0.717) is 37.4 Å². The monoisotopic (exact) mass is 582 g/mol. The maximum Gasteiger partial charge on any atom is 0.416 e. The van der Waals surface area contributed by atoms with E-state index in [-0.39, 0.29) is 40.8 Å². The van der Waals surface area contributed by atoms with Crippen LogP contribution in [0.15, 0.2) is 58.5 Å². The summed E-state index contributed by atoms with van der Waals surface area (Å²) in [7, 11) is 1.14. The van der Waals surface area contributed by atoms with Crippen molar-refractivity contribution in [3.8, 4) is 6.07 Å². The van der Waals surface area contributed by atoms with E-state index in [1.54, 1.807) is 11.0 Å². The van der Waals surface area contributed by atoms with Crippen molar-refractivity contribution in [3.63, 3.8) is 0 Å². The summed E-state index contributed by atoms with van der Waals surface area (Å²) in [6, 6.07) is 9.81. The highest BCUT2D eigenvalue weighted by Gasteiger charge is 2.41. The Labute approximate surface area is 237 Å². The smallest absolute Gasteiger partial charge is 0.416 e. The molecule has 1 fully saturated rings. The number of nitrogens with zero attached hydrogens (tertiary/aromatic N) is 5. The number of hydrogen-bond acceptors (Lipinski definition) is 8. The molecule has 2 aromatic carbocycles. The first-order valence-electron chi connectivity index (χ1n) is 12.9. The number of H-pyrrole nitrogens is 1. The van der Waals surface area contributed by atoms with Crippen LogP contribution in [0.1, 0.15) is 35.2 Å². The fraction of sp³-hybridized carbons (Fsp3) is 0.321. The molecule has 0 saturated carbocycles. The number of allylic oxidation sites excluding steroid dienone is 1. The SMILES string of the molecule is COC(=O)C1=C(C)N(c2cccc(C(F)(F)F)c2)c2n[nH]c(=O)n2C1c1ccc(C#N)cc1CC(=O)N1CCOCC1. The summed E-state index contributed by atoms with van der Waals surface area (Å²) in [6.45, 7) is 3.04. The van der Waals surface area contributed by atoms with Crippen LogP contribution in [0.4, 0.5) is 24.8 Å². The number of amides is 1. The lowest BCUT2D eigenvalue weighted by molar-refractivity contribution is -0.138. The van der Waals surface area contributed by atoms with Gasteiger partial charge < -0.3 is 14.4 Å². The lowest BCUT2D eigenvalue weighted by atomic mass is 9.88. The number of aromatic nitrogens is 3. The minimum Gasteiger partial charge on any atom is -0.466 e. The van der Waals surface area contributed by atoms with Crippen LogP contribution in [-0.4, -0.2) is 65.0 Å². The molecule has 1 saturated heterocycles. The van der Waals surface area contributed by atoms with Crippen LogP contribution in [0, 0.1) is 11.3 Å². The molecule has 1 atom stereocenters. The van der Waals surface area contributed by atoms with E-state index < -0.39 is 29.4 Å². The molecule has 14 heteroatoms. The third kappa shape index (κ3) is 5.14. The summed E-state index contributed by atoms with van der Waals surface area (Å²) >= 11 is 0. The standard InChI is InChI=1S/C28H25F3N6O5/c1-16-23(25(39)41-2)24(21-7-6-17(15-32)12-18(21)13-22(38)35-8-10-42-11-9-35)37-26(33-34-27(37)40)36(16)20-5-3-4-19(14-20)28(29,30)31/h3-7,12,14,24H,8-11,13H2,1-2H3,(H,34,40). The van der Waals surface area contributed by atoms with E-state index >= 15 is 0 Å². The Hall–Kier alpha value is -4.90. The van der Waals surface area contributed by atoms with Crippen LogP contribution in [0.2, 0.25) is 0 Å². The number of aromatic amines is 1. The number of nitrogens with one attached hydrogen (secondary N) is 1. The maximum atomic E-state index is 13.6. The zero-order valence-electron chi connectivity index (χ0n) is 22.6. The number of esters is 1. The molecule has 2 aliphatic rings. The van der Waals surface area contributed by atoms with Gasteiger partial charge in [0.2, 0.25) is 11.9 Å². The van der Waals surface area contributed by atoms with Crippen LogP contribution < -0.4 is 10.6 Å². The van der Waals surface area contributed by atoms with Gasteiger partial charge in [0.15, 0.2) is 0 Å². The normalized spacial score (nSPS) is 17.1. The molecule has 0 aliphatic carbocycles. The molecular formula is C28H25F3N6O5. The first-order chi connectivity index (χ1) is 20.0. The van der Waals surface area contributed by atoms with E-state index in [1.807, 2.05) is 6.07 Å². The quantitative estimate of drug-likeness (QED) is 0.454. The maximum absolute atomic E-state index is 13.6. The van der Waals surface area contributed by atoms with Crippen molar-refractivity contribution in [2.75, 3.05) is 38.3 Å². The number of anilines is 2. The second-order valence-corrected chi connectivity index (χ2v) is 9.67. The van der Waals surface area contributed by atoms with Crippen molar-refractivity contribution in [1.29, 1.82) is 5.26 Å². The van der Waals surface area contributed by atoms with Crippen molar-refractivity contribution in [2.45, 2.75) is 25.6 Å². The number of carbonyl (C=O) groups is 2. The van der Waals surface area contributed by atoms with Crippen molar-refractivity contribution in [1.82, 2.24) is 19.7 Å². The molecule has 1 aromatic heterocycles. The Morgan fingerprint density at radius 3 is 2.60 bits per heavy atom. The van der Waals surface area contributed by atoms with Gasteiger partial charge in [0.25, 0.3) is 0 Å². The largest absolute Gasteiger partial charge is 0.466 e. The number of benzene rings is 2. The van der Waals surface area contributed by atoms with Gasteiger partial charge in [-0.3, -0.25) is 9.69 Å². The zero-order chi connectivity index (χ0) is 30.2. The number of hydrogen-bond donors (Lipinski definition) is 1. The Bertz CT molecular complexity index is 1680. The molecule has 1 N–H and O–H groups in total. The third-order valence-corrected chi connectivity index (χ3v) is 7.25. The van der Waals surface area contributed by atoms with Crippen molar-refractivity contribution < 1.29 is 32.2 Å². The number of ether oxygens (including phenoxy) is 2. The first kappa shape index (κ1) is 28.6. The van der Waals surface area contributed by atoms with E-state index in [4.69, 9.17) is 9.47 Å². The summed E-state index contributed by atoms with van der Waals surface area (Å²) < 4.78 is 52.3. The number of carbonyl (C=O) groups excluding carboxylic acids is 2. The van der Waals surface area contributed by atoms with Crippen molar-refractivity contribution in [2.24, 2.45) is 0 Å². The lowest BCUT2D eigenvalue weighted by Gasteiger charge is -2.36. The van der Waals surface area contributed by atoms with Crippen LogP contribution in [0.25, 0.3) is 0 Å². The van der Waals surface area contributed by atoms with E-state index in [1.165, 1.54) is 36.1 Å². The van der Waals surface area contributed by atoms with Gasteiger partial charge in [0.05, 0.1) is 49.5 Å². The summed E-state index contributed by atoms with van der Waals surface area (Å²) in [5, 5.41) is 16.0. The Kier molecular flexibility index (Phi) is 7.61. The van der Waals surface area contributed by atoms with Crippen molar-refractivity contribution >= 4 is 23.5 Å². The number of methoxy groups -OCH3 is 1. The molecule has 11 nitrogen and oxygen atoms in total. The molecule has 5 rings (SSSR count). The van der Waals surface area contributed by atoms with Crippen LogP contribution >= 0.6 is 0 Å². The third-order valence-electron chi connectivity index (χ3n) is 7.25. The Morgan fingerprint density at radius 2 is 1.93 bits per heavy atom. The highest BCUT2D eigenvalue weighted by molar-refractivity contribution is 5.94. The Balaban J connectivity index is 1.71. The molecule has 3 heterocycles. The van der Waals surface area contributed by atoms with Gasteiger partial charge in [-0.1, -0.05) is 12.1 Å². The van der Waals surface area contributed by atoms with Crippen LogP contribution in [0.3, 0.4) is 0 Å². The molecule has 218 valence electrons. The average molecular weight is 583 g/mol. The molecule has 0 bridgehead atoms. The van der Waals surface area contributed by atoms with Crippen LogP contribution in [-0.2, 0) is 31.7 Å². The molecule has 3 aromatic rings. The average Bonchev–Trinajstić information content (AvgIpc) is 3.36. The number of alkyl halides is 3. The predicted molar refractivity (Wildman–Crippen MR) is 142 cm³/mol. The fourth-order valence-corrected chi connectivity index (χ4v) is 5.26. The van der Waals surface area contributed by atoms with E-state index in [2.05, 4.69) is 10.2 Å². The number of morpholine rings is 1. The van der Waals surface area contributed by atoms with Gasteiger partial charge in [-0.05, 0) is 48.4 Å². The second-order valence-electron chi connectivity index (χ2n) is 9.67. The summed E-state index contributed by atoms with van der Waals surface area (Å²) in [4.78, 5) is 42.7. The van der Waals surface area contributed by atoms with E-state index in [9.17, 15) is 32.8 Å². The number of fused-ring (bicyclic) bond motifs is 1. The zero-order valence-corrected chi connectivity index (χ0v) is 22.6. The molecular weight excluding hydrogens is 557 g/mol. The van der Waals surface area contributed by atoms with Crippen LogP contribution in [0.5, 0.6) is 0 Å². The minimum absolute atomic E-state index is 0.00461. The summed E-state index contributed by atoms with van der Waals surface area (Å²) in [5.41, 5.74) is -0.594. The van der Waals surface area contributed by atoms with Gasteiger partial charge in [-0.2, -0.15) is 18.4 Å². The van der Waals surface area contributed by atoms with Gasteiger partial charge in [0.1, 0.15) is 6.04 Å². The molecule has 1 amide bonds. The van der Waals surface area contributed by atoms with E-state index in [0.717, 1.165) is 23.8 Å². The fourth-order valence-electron chi connectivity index (χ4n) is 5.26. The van der Waals surface area contributed by atoms with Gasteiger partial charge in [0, 0.05) is 24.5 Å². The Morgan fingerprint density at radius 1 is 1.19 bits per heavy atom. The number of rotatable bonds is 5. The molecule has 1 unspecified atom stereocenters. The molecule has 0 spiro atoms. The summed E-state index contributed by atoms with van der Waals surface area (Å²) in [6.07, 6.45) is -4.79. The lowest BCUT2D eigenvalue weighted by Crippen LogP contribution is -2.42. The van der Waals surface area contributed by atoms with Gasteiger partial charge in [-0.15, -0.1) is 5.10 Å². The van der Waals surface area contributed by atoms with Gasteiger partial charge >= 0.3 is 17.8 Å². The predicted octanol–water partition coefficient (Wildman–Crippen LogP) is 3.05. The highest BCUT2D eigenvalue weighted by atomic mass is 19.4. The second kappa shape index (κ2) is 11.2. The summed E-state index contributed by atoms with van der Waals surface area (Å²) in [5.74, 6) is -1.16. The first-order valence-corrected chi connectivity index (χ1v) is 12.9. The number of halogens is 3.